The third-order valence-corrected chi connectivity index (χ3v) is 4.14. The van der Waals surface area contributed by atoms with Crippen LogP contribution in [0.4, 0.5) is 0 Å². The van der Waals surface area contributed by atoms with E-state index in [1.807, 2.05) is 0 Å². The number of carbonyl (C=O) groups excluding carboxylic acids is 2. The van der Waals surface area contributed by atoms with Gasteiger partial charge < -0.3 is 10.6 Å². The number of nitrogens with zero attached hydrogens (tertiary/aromatic N) is 2. The lowest BCUT2D eigenvalue weighted by molar-refractivity contribution is -0.123. The van der Waals surface area contributed by atoms with E-state index < -0.39 is 0 Å². The lowest BCUT2D eigenvalue weighted by Crippen LogP contribution is -2.49. The van der Waals surface area contributed by atoms with Gasteiger partial charge in [0.1, 0.15) is 0 Å². The molecular formula is C18H28N4O2. The maximum Gasteiger partial charge on any atom is 0.234 e. The molecular weight excluding hydrogens is 304 g/mol. The molecule has 2 N–H and O–H groups in total. The van der Waals surface area contributed by atoms with Crippen molar-refractivity contribution in [3.63, 3.8) is 0 Å². The molecule has 132 valence electrons. The summed E-state index contributed by atoms with van der Waals surface area (Å²) in [4.78, 5) is 27.2. The van der Waals surface area contributed by atoms with Crippen LogP contribution in [0.1, 0.15) is 18.1 Å². The Balaban J connectivity index is 1.63. The van der Waals surface area contributed by atoms with E-state index in [4.69, 9.17) is 0 Å². The minimum absolute atomic E-state index is 0.0208. The smallest absolute Gasteiger partial charge is 0.234 e. The molecule has 0 saturated carbocycles. The summed E-state index contributed by atoms with van der Waals surface area (Å²) in [5, 5.41) is 5.50. The van der Waals surface area contributed by atoms with Crippen LogP contribution < -0.4 is 10.6 Å². The maximum atomic E-state index is 11.9. The summed E-state index contributed by atoms with van der Waals surface area (Å²) in [7, 11) is 0. The fraction of sp³-hybridized carbons (Fsp3) is 0.556. The van der Waals surface area contributed by atoms with Gasteiger partial charge in [-0.1, -0.05) is 29.8 Å². The van der Waals surface area contributed by atoms with Crippen molar-refractivity contribution in [1.82, 2.24) is 20.4 Å². The van der Waals surface area contributed by atoms with E-state index >= 15 is 0 Å². The standard InChI is InChI=1S/C18H28N4O2/c1-15-4-3-5-17(12-15)13-21-8-10-22(11-9-21)14-18(24)20-7-6-19-16(2)23/h3-5,12H,6-11,13-14H2,1-2H3,(H,19,23)(H,20,24). The van der Waals surface area contributed by atoms with E-state index in [1.54, 1.807) is 0 Å². The van der Waals surface area contributed by atoms with Crippen LogP contribution in [0.15, 0.2) is 24.3 Å². The van der Waals surface area contributed by atoms with Crippen LogP contribution in [0, 0.1) is 6.92 Å². The topological polar surface area (TPSA) is 64.7 Å². The number of piperazine rings is 1. The molecule has 2 amide bonds. The summed E-state index contributed by atoms with van der Waals surface area (Å²) in [6, 6.07) is 8.62. The average molecular weight is 332 g/mol. The van der Waals surface area contributed by atoms with Crippen molar-refractivity contribution in [3.05, 3.63) is 35.4 Å². The molecule has 0 unspecified atom stereocenters. The molecule has 6 nitrogen and oxygen atoms in total. The molecule has 1 fully saturated rings. The first kappa shape index (κ1) is 18.4. The van der Waals surface area contributed by atoms with Gasteiger partial charge in [0.2, 0.25) is 11.8 Å². The van der Waals surface area contributed by atoms with Crippen molar-refractivity contribution < 1.29 is 9.59 Å². The van der Waals surface area contributed by atoms with Crippen LogP contribution in [0.2, 0.25) is 0 Å². The molecule has 0 radical (unpaired) electrons. The summed E-state index contributed by atoms with van der Waals surface area (Å²) < 4.78 is 0. The zero-order chi connectivity index (χ0) is 17.4. The first-order valence-electron chi connectivity index (χ1n) is 8.54. The largest absolute Gasteiger partial charge is 0.355 e. The van der Waals surface area contributed by atoms with Crippen LogP contribution in [-0.2, 0) is 16.1 Å². The number of hydrogen-bond donors (Lipinski definition) is 2. The van der Waals surface area contributed by atoms with Gasteiger partial charge in [0, 0.05) is 52.7 Å². The summed E-state index contributed by atoms with van der Waals surface area (Å²) in [6.07, 6.45) is 0. The van der Waals surface area contributed by atoms with E-state index in [-0.39, 0.29) is 11.8 Å². The van der Waals surface area contributed by atoms with Gasteiger partial charge in [-0.2, -0.15) is 0 Å². The van der Waals surface area contributed by atoms with Crippen LogP contribution in [-0.4, -0.2) is 67.4 Å². The Morgan fingerprint density at radius 3 is 2.38 bits per heavy atom. The third-order valence-electron chi connectivity index (χ3n) is 4.14. The molecule has 0 atom stereocenters. The molecule has 1 aromatic carbocycles. The van der Waals surface area contributed by atoms with Crippen molar-refractivity contribution in [3.8, 4) is 0 Å². The van der Waals surface area contributed by atoms with Gasteiger partial charge in [-0.25, -0.2) is 0 Å². The molecule has 0 aromatic heterocycles. The SMILES string of the molecule is CC(=O)NCCNC(=O)CN1CCN(Cc2cccc(C)c2)CC1. The molecule has 1 aromatic rings. The molecule has 0 bridgehead atoms. The maximum absolute atomic E-state index is 11.9. The molecule has 1 saturated heterocycles. The number of aryl methyl sites for hydroxylation is 1. The predicted octanol–water partition coefficient (Wildman–Crippen LogP) is 0.365. The van der Waals surface area contributed by atoms with Crippen LogP contribution in [0.25, 0.3) is 0 Å². The fourth-order valence-electron chi connectivity index (χ4n) is 2.87. The van der Waals surface area contributed by atoms with E-state index in [9.17, 15) is 9.59 Å². The number of amides is 2. The lowest BCUT2D eigenvalue weighted by Gasteiger charge is -2.34. The monoisotopic (exact) mass is 332 g/mol. The normalized spacial score (nSPS) is 15.9. The fourth-order valence-corrected chi connectivity index (χ4v) is 2.87. The second kappa shape index (κ2) is 9.39. The minimum atomic E-state index is -0.0750. The number of hydrogen-bond acceptors (Lipinski definition) is 4. The Morgan fingerprint density at radius 2 is 1.71 bits per heavy atom. The molecule has 2 rings (SSSR count). The first-order chi connectivity index (χ1) is 11.5. The van der Waals surface area contributed by atoms with Crippen LogP contribution in [0.5, 0.6) is 0 Å². The number of benzene rings is 1. The Labute approximate surface area is 144 Å². The van der Waals surface area contributed by atoms with Crippen molar-refractivity contribution in [2.75, 3.05) is 45.8 Å². The highest BCUT2D eigenvalue weighted by molar-refractivity contribution is 5.78. The second-order valence-corrected chi connectivity index (χ2v) is 6.37. The van der Waals surface area contributed by atoms with Gasteiger partial charge in [-0.15, -0.1) is 0 Å². The van der Waals surface area contributed by atoms with Crippen molar-refractivity contribution in [2.45, 2.75) is 20.4 Å². The Kier molecular flexibility index (Phi) is 7.21. The van der Waals surface area contributed by atoms with Gasteiger partial charge >= 0.3 is 0 Å². The van der Waals surface area contributed by atoms with Crippen molar-refractivity contribution in [1.29, 1.82) is 0 Å². The van der Waals surface area contributed by atoms with E-state index in [2.05, 4.69) is 51.6 Å². The van der Waals surface area contributed by atoms with E-state index in [0.717, 1.165) is 32.7 Å². The van der Waals surface area contributed by atoms with Gasteiger partial charge in [0.25, 0.3) is 0 Å². The van der Waals surface area contributed by atoms with E-state index in [1.165, 1.54) is 18.1 Å². The second-order valence-electron chi connectivity index (χ2n) is 6.37. The molecule has 0 spiro atoms. The highest BCUT2D eigenvalue weighted by Crippen LogP contribution is 2.10. The van der Waals surface area contributed by atoms with Gasteiger partial charge in [0.05, 0.1) is 6.54 Å². The third kappa shape index (κ3) is 6.68. The van der Waals surface area contributed by atoms with Crippen LogP contribution in [0.3, 0.4) is 0 Å². The highest BCUT2D eigenvalue weighted by atomic mass is 16.2. The summed E-state index contributed by atoms with van der Waals surface area (Å²) >= 11 is 0. The zero-order valence-corrected chi connectivity index (χ0v) is 14.7. The molecule has 24 heavy (non-hydrogen) atoms. The summed E-state index contributed by atoms with van der Waals surface area (Å²) in [6.45, 7) is 9.72. The average Bonchev–Trinajstić information content (AvgIpc) is 2.53. The van der Waals surface area contributed by atoms with Crippen molar-refractivity contribution in [2.24, 2.45) is 0 Å². The number of rotatable bonds is 7. The predicted molar refractivity (Wildman–Crippen MR) is 94.6 cm³/mol. The molecule has 1 heterocycles. The molecule has 0 aliphatic carbocycles. The van der Waals surface area contributed by atoms with E-state index in [0.29, 0.717) is 19.6 Å². The molecule has 6 heteroatoms. The first-order valence-corrected chi connectivity index (χ1v) is 8.54. The van der Waals surface area contributed by atoms with Gasteiger partial charge in [0.15, 0.2) is 0 Å². The zero-order valence-electron chi connectivity index (χ0n) is 14.7. The number of nitrogens with one attached hydrogen (secondary N) is 2. The highest BCUT2D eigenvalue weighted by Gasteiger charge is 2.18. The summed E-state index contributed by atoms with van der Waals surface area (Å²) in [5.74, 6) is -0.0542. The molecule has 1 aliphatic rings. The van der Waals surface area contributed by atoms with Gasteiger partial charge in [-0.05, 0) is 12.5 Å². The lowest BCUT2D eigenvalue weighted by atomic mass is 10.1. The molecule has 1 aliphatic heterocycles. The number of carbonyl (C=O) groups is 2. The Morgan fingerprint density at radius 1 is 1.04 bits per heavy atom. The Hall–Kier alpha value is -1.92. The summed E-state index contributed by atoms with van der Waals surface area (Å²) in [5.41, 5.74) is 2.64. The Bertz CT molecular complexity index is 554. The van der Waals surface area contributed by atoms with Gasteiger partial charge in [-0.3, -0.25) is 19.4 Å². The van der Waals surface area contributed by atoms with Crippen molar-refractivity contribution >= 4 is 11.8 Å². The minimum Gasteiger partial charge on any atom is -0.355 e. The van der Waals surface area contributed by atoms with Crippen LogP contribution >= 0.6 is 0 Å². The quantitative estimate of drug-likeness (QED) is 0.708.